The Kier molecular flexibility index (Phi) is 6.19. The van der Waals surface area contributed by atoms with Gasteiger partial charge in [-0.05, 0) is 42.4 Å². The summed E-state index contributed by atoms with van der Waals surface area (Å²) in [5, 5.41) is 7.41. The molecule has 2 aromatic carbocycles. The average Bonchev–Trinajstić information content (AvgIpc) is 3.13. The van der Waals surface area contributed by atoms with Gasteiger partial charge in [0.25, 0.3) is 0 Å². The standard InChI is InChI=1S/C20H22F2N2OS/c1-24(2)17(19-8-5-11-26-19)13-23-12-16-15-7-4-3-6-14(15)9-10-18(16)25-20(21)22/h3-11,17,20,23H,12-13H2,1-2H3/t17-/m1/s1. The van der Waals surface area contributed by atoms with Crippen molar-refractivity contribution in [1.82, 2.24) is 10.2 Å². The van der Waals surface area contributed by atoms with Crippen LogP contribution in [0.2, 0.25) is 0 Å². The van der Waals surface area contributed by atoms with Crippen LogP contribution in [0.25, 0.3) is 10.8 Å². The Morgan fingerprint density at radius 3 is 2.58 bits per heavy atom. The second-order valence-electron chi connectivity index (χ2n) is 6.27. The second-order valence-corrected chi connectivity index (χ2v) is 7.25. The van der Waals surface area contributed by atoms with E-state index in [1.54, 1.807) is 17.4 Å². The van der Waals surface area contributed by atoms with Gasteiger partial charge in [0.1, 0.15) is 5.75 Å². The largest absolute Gasteiger partial charge is 0.434 e. The maximum Gasteiger partial charge on any atom is 0.387 e. The van der Waals surface area contributed by atoms with E-state index in [1.165, 1.54) is 4.88 Å². The van der Waals surface area contributed by atoms with E-state index in [1.807, 2.05) is 50.5 Å². The fourth-order valence-electron chi connectivity index (χ4n) is 3.06. The second kappa shape index (κ2) is 8.58. The summed E-state index contributed by atoms with van der Waals surface area (Å²) in [7, 11) is 4.07. The Morgan fingerprint density at radius 2 is 1.88 bits per heavy atom. The molecule has 26 heavy (non-hydrogen) atoms. The van der Waals surface area contributed by atoms with E-state index < -0.39 is 6.61 Å². The van der Waals surface area contributed by atoms with Crippen molar-refractivity contribution in [2.75, 3.05) is 20.6 Å². The van der Waals surface area contributed by atoms with Gasteiger partial charge in [0, 0.05) is 23.5 Å². The summed E-state index contributed by atoms with van der Waals surface area (Å²) in [5.41, 5.74) is 0.757. The molecule has 3 aromatic rings. The summed E-state index contributed by atoms with van der Waals surface area (Å²) in [6.07, 6.45) is 0. The number of nitrogens with one attached hydrogen (secondary N) is 1. The maximum atomic E-state index is 12.8. The van der Waals surface area contributed by atoms with Crippen LogP contribution < -0.4 is 10.1 Å². The van der Waals surface area contributed by atoms with E-state index in [4.69, 9.17) is 4.74 Å². The third kappa shape index (κ3) is 4.38. The fourth-order valence-corrected chi connectivity index (χ4v) is 3.98. The third-order valence-electron chi connectivity index (χ3n) is 4.35. The highest BCUT2D eigenvalue weighted by Crippen LogP contribution is 2.29. The zero-order valence-corrected chi connectivity index (χ0v) is 15.6. The minimum Gasteiger partial charge on any atom is -0.434 e. The van der Waals surface area contributed by atoms with Gasteiger partial charge in [0.2, 0.25) is 0 Å². The first-order valence-corrected chi connectivity index (χ1v) is 9.30. The quantitative estimate of drug-likeness (QED) is 0.605. The van der Waals surface area contributed by atoms with Crippen LogP contribution in [-0.4, -0.2) is 32.2 Å². The molecular formula is C20H22F2N2OS. The lowest BCUT2D eigenvalue weighted by molar-refractivity contribution is -0.0503. The maximum absolute atomic E-state index is 12.8. The Morgan fingerprint density at radius 1 is 1.08 bits per heavy atom. The van der Waals surface area contributed by atoms with E-state index in [9.17, 15) is 8.78 Å². The first kappa shape index (κ1) is 18.8. The average molecular weight is 376 g/mol. The van der Waals surface area contributed by atoms with Crippen LogP contribution in [0.4, 0.5) is 8.78 Å². The topological polar surface area (TPSA) is 24.5 Å². The molecule has 0 aliphatic heterocycles. The van der Waals surface area contributed by atoms with Gasteiger partial charge in [-0.3, -0.25) is 0 Å². The summed E-state index contributed by atoms with van der Waals surface area (Å²) in [6.45, 7) is -1.67. The molecule has 0 unspecified atom stereocenters. The number of rotatable bonds is 8. The molecule has 0 amide bonds. The van der Waals surface area contributed by atoms with E-state index in [2.05, 4.69) is 21.7 Å². The Hall–Kier alpha value is -2.02. The number of halogens is 2. The molecular weight excluding hydrogens is 354 g/mol. The van der Waals surface area contributed by atoms with Crippen molar-refractivity contribution in [3.05, 3.63) is 64.4 Å². The molecule has 0 aliphatic carbocycles. The number of alkyl halides is 2. The van der Waals surface area contributed by atoms with Gasteiger partial charge in [0.15, 0.2) is 0 Å². The van der Waals surface area contributed by atoms with Gasteiger partial charge in [0.05, 0.1) is 6.04 Å². The predicted molar refractivity (Wildman–Crippen MR) is 103 cm³/mol. The molecule has 0 saturated heterocycles. The molecule has 1 heterocycles. The van der Waals surface area contributed by atoms with Crippen molar-refractivity contribution in [2.45, 2.75) is 19.2 Å². The van der Waals surface area contributed by atoms with Crippen molar-refractivity contribution in [1.29, 1.82) is 0 Å². The van der Waals surface area contributed by atoms with Crippen molar-refractivity contribution in [3.8, 4) is 5.75 Å². The van der Waals surface area contributed by atoms with Crippen LogP contribution in [0, 0.1) is 0 Å². The molecule has 6 heteroatoms. The number of fused-ring (bicyclic) bond motifs is 1. The lowest BCUT2D eigenvalue weighted by atomic mass is 10.0. The van der Waals surface area contributed by atoms with Crippen molar-refractivity contribution < 1.29 is 13.5 Å². The molecule has 138 valence electrons. The molecule has 0 spiro atoms. The van der Waals surface area contributed by atoms with Crippen molar-refractivity contribution in [3.63, 3.8) is 0 Å². The summed E-state index contributed by atoms with van der Waals surface area (Å²) >= 11 is 1.71. The number of hydrogen-bond acceptors (Lipinski definition) is 4. The third-order valence-corrected chi connectivity index (χ3v) is 5.32. The van der Waals surface area contributed by atoms with Gasteiger partial charge in [-0.1, -0.05) is 36.4 Å². The lowest BCUT2D eigenvalue weighted by Gasteiger charge is -2.24. The number of thiophene rings is 1. The first-order chi connectivity index (χ1) is 12.6. The molecule has 1 aromatic heterocycles. The predicted octanol–water partition coefficient (Wildman–Crippen LogP) is 4.90. The van der Waals surface area contributed by atoms with Gasteiger partial charge < -0.3 is 15.0 Å². The monoisotopic (exact) mass is 376 g/mol. The first-order valence-electron chi connectivity index (χ1n) is 8.42. The number of hydrogen-bond donors (Lipinski definition) is 1. The zero-order chi connectivity index (χ0) is 18.5. The minimum atomic E-state index is -2.84. The molecule has 0 radical (unpaired) electrons. The van der Waals surface area contributed by atoms with E-state index in [0.717, 1.165) is 16.3 Å². The van der Waals surface area contributed by atoms with Crippen LogP contribution in [0.3, 0.4) is 0 Å². The smallest absolute Gasteiger partial charge is 0.387 e. The lowest BCUT2D eigenvalue weighted by Crippen LogP contribution is -2.30. The van der Waals surface area contributed by atoms with Gasteiger partial charge in [-0.25, -0.2) is 0 Å². The molecule has 0 bridgehead atoms. The summed E-state index contributed by atoms with van der Waals surface area (Å²) < 4.78 is 30.3. The molecule has 0 saturated carbocycles. The molecule has 0 fully saturated rings. The van der Waals surface area contributed by atoms with Gasteiger partial charge >= 0.3 is 6.61 Å². The highest BCUT2D eigenvalue weighted by molar-refractivity contribution is 7.10. The summed E-state index contributed by atoms with van der Waals surface area (Å²) in [6, 6.07) is 15.6. The Labute approximate surface area is 156 Å². The number of benzene rings is 2. The van der Waals surface area contributed by atoms with Crippen LogP contribution in [-0.2, 0) is 6.54 Å². The molecule has 3 nitrogen and oxygen atoms in total. The Bertz CT molecular complexity index is 837. The van der Waals surface area contributed by atoms with E-state index in [0.29, 0.717) is 13.1 Å². The SMILES string of the molecule is CN(C)[C@H](CNCc1c(OC(F)F)ccc2ccccc12)c1cccs1. The molecule has 0 aliphatic rings. The molecule has 3 rings (SSSR count). The number of nitrogens with zero attached hydrogens (tertiary/aromatic N) is 1. The molecule has 1 N–H and O–H groups in total. The Balaban J connectivity index is 1.80. The highest BCUT2D eigenvalue weighted by Gasteiger charge is 2.17. The van der Waals surface area contributed by atoms with E-state index >= 15 is 0 Å². The minimum absolute atomic E-state index is 0.226. The van der Waals surface area contributed by atoms with Gasteiger partial charge in [-0.15, -0.1) is 11.3 Å². The van der Waals surface area contributed by atoms with Crippen molar-refractivity contribution >= 4 is 22.1 Å². The molecule has 1 atom stereocenters. The zero-order valence-electron chi connectivity index (χ0n) is 14.8. The van der Waals surface area contributed by atoms with Crippen LogP contribution in [0.5, 0.6) is 5.75 Å². The van der Waals surface area contributed by atoms with Crippen LogP contribution in [0.1, 0.15) is 16.5 Å². The van der Waals surface area contributed by atoms with Gasteiger partial charge in [-0.2, -0.15) is 8.78 Å². The van der Waals surface area contributed by atoms with Crippen molar-refractivity contribution in [2.24, 2.45) is 0 Å². The number of ether oxygens (including phenoxy) is 1. The van der Waals surface area contributed by atoms with Crippen LogP contribution >= 0.6 is 11.3 Å². The van der Waals surface area contributed by atoms with E-state index in [-0.39, 0.29) is 11.8 Å². The normalized spacial score (nSPS) is 12.8. The fraction of sp³-hybridized carbons (Fsp3) is 0.300. The highest BCUT2D eigenvalue weighted by atomic mass is 32.1. The summed E-state index contributed by atoms with van der Waals surface area (Å²) in [5.74, 6) is 0.226. The summed E-state index contributed by atoms with van der Waals surface area (Å²) in [4.78, 5) is 3.42. The van der Waals surface area contributed by atoms with Crippen LogP contribution in [0.15, 0.2) is 53.9 Å². The number of likely N-dealkylation sites (N-methyl/N-ethyl adjacent to an activating group) is 1.